The predicted molar refractivity (Wildman–Crippen MR) is 20.3 cm³/mol. The molecule has 0 aliphatic rings. The summed E-state index contributed by atoms with van der Waals surface area (Å²) in [6.07, 6.45) is 0. The molecule has 15 heavy (non-hydrogen) atoms. The molecular formula is H4Cr2KO11P. The Labute approximate surface area is 130 Å². The monoisotopic (exact) mass is 354 g/mol. The van der Waals surface area contributed by atoms with Gasteiger partial charge in [-0.05, 0) is 0 Å². The first-order valence-electron chi connectivity index (χ1n) is 2.13. The van der Waals surface area contributed by atoms with E-state index in [4.69, 9.17) is 23.4 Å². The third kappa shape index (κ3) is 49.2. The van der Waals surface area contributed by atoms with Crippen LogP contribution >= 0.6 is 7.82 Å². The fraction of sp³-hybridized carbons (Fsp3) is 0. The second-order valence-corrected chi connectivity index (χ2v) is 6.14. The average molecular weight is 354 g/mol. The Morgan fingerprint density at radius 2 is 1.27 bits per heavy atom. The van der Waals surface area contributed by atoms with Crippen LogP contribution in [0.3, 0.4) is 0 Å². The van der Waals surface area contributed by atoms with Crippen LogP contribution in [-0.4, -0.2) is 18.8 Å². The van der Waals surface area contributed by atoms with E-state index in [2.05, 4.69) is 2.84 Å². The Balaban J connectivity index is -0.000000208. The summed E-state index contributed by atoms with van der Waals surface area (Å²) in [4.78, 5) is 21.6. The van der Waals surface area contributed by atoms with Crippen molar-refractivity contribution in [3.05, 3.63) is 0 Å². The molecule has 0 atom stereocenters. The summed E-state index contributed by atoms with van der Waals surface area (Å²) in [6, 6.07) is 0. The first-order valence-corrected chi connectivity index (χ1v) is 7.91. The zero-order chi connectivity index (χ0) is 12.2. The Morgan fingerprint density at radius 1 is 1.07 bits per heavy atom. The van der Waals surface area contributed by atoms with Gasteiger partial charge in [0.25, 0.3) is 0 Å². The molecule has 0 unspecified atom stereocenters. The number of rotatable bonds is 2. The molecule has 0 amide bonds. The molecule has 0 aromatic carbocycles. The summed E-state index contributed by atoms with van der Waals surface area (Å²) in [5, 5.41) is 0. The molecule has 0 aliphatic carbocycles. The molecule has 0 saturated carbocycles. The second-order valence-electron chi connectivity index (χ2n) is 1.42. The molecule has 0 saturated heterocycles. The summed E-state index contributed by atoms with van der Waals surface area (Å²) in [5.74, 6) is 0. The zero-order valence-electron chi connectivity index (χ0n) is 6.91. The van der Waals surface area contributed by atoms with Gasteiger partial charge in [-0.1, -0.05) is 0 Å². The maximum absolute atomic E-state index is 9.49. The van der Waals surface area contributed by atoms with Crippen LogP contribution in [-0.2, 0) is 49.8 Å². The van der Waals surface area contributed by atoms with Crippen LogP contribution in [0.15, 0.2) is 0 Å². The molecule has 0 aromatic heterocycles. The van der Waals surface area contributed by atoms with Crippen LogP contribution in [0, 0.1) is 0 Å². The van der Waals surface area contributed by atoms with E-state index in [1.165, 1.54) is 0 Å². The first kappa shape index (κ1) is 22.1. The van der Waals surface area contributed by atoms with Gasteiger partial charge in [0.1, 0.15) is 0 Å². The van der Waals surface area contributed by atoms with Gasteiger partial charge in [-0.2, -0.15) is 0 Å². The minimum absolute atomic E-state index is 0. The number of phosphoric acid groups is 1. The summed E-state index contributed by atoms with van der Waals surface area (Å²) >= 11 is -11.8. The summed E-state index contributed by atoms with van der Waals surface area (Å²) in [5.41, 5.74) is 0. The van der Waals surface area contributed by atoms with Crippen molar-refractivity contribution >= 4 is 7.82 Å². The van der Waals surface area contributed by atoms with Crippen molar-refractivity contribution in [2.24, 2.45) is 0 Å². The molecule has 0 aliphatic heterocycles. The van der Waals surface area contributed by atoms with E-state index < -0.39 is 35.1 Å². The van der Waals surface area contributed by atoms with Gasteiger partial charge in [0, 0.05) is 0 Å². The van der Waals surface area contributed by atoms with E-state index in [0.29, 0.717) is 0 Å². The van der Waals surface area contributed by atoms with Gasteiger partial charge in [-0.15, -0.1) is 0 Å². The van der Waals surface area contributed by atoms with Crippen LogP contribution in [0.1, 0.15) is 0 Å². The third-order valence-corrected chi connectivity index (χ3v) is 2.88. The Kier molecular flexibility index (Phi) is 11.9. The van der Waals surface area contributed by atoms with Crippen LogP contribution in [0.5, 0.6) is 0 Å². The van der Waals surface area contributed by atoms with Crippen molar-refractivity contribution in [3.63, 3.8) is 0 Å². The van der Waals surface area contributed by atoms with Crippen LogP contribution in [0.2, 0.25) is 0 Å². The van der Waals surface area contributed by atoms with E-state index in [0.717, 1.165) is 0 Å². The Bertz CT molecular complexity index is 356. The van der Waals surface area contributed by atoms with Gasteiger partial charge in [-0.3, -0.25) is 0 Å². The van der Waals surface area contributed by atoms with E-state index in [1.54, 1.807) is 0 Å². The Morgan fingerprint density at radius 3 is 1.27 bits per heavy atom. The fourth-order valence-corrected chi connectivity index (χ4v) is 1.79. The molecule has 0 spiro atoms. The zero-order valence-corrected chi connectivity index (χ0v) is 13.5. The average Bonchev–Trinajstić information content (AvgIpc) is 1.42. The van der Waals surface area contributed by atoms with E-state index in [-0.39, 0.29) is 51.4 Å². The molecule has 0 heterocycles. The predicted octanol–water partition coefficient (Wildman–Crippen LogP) is -6.22. The van der Waals surface area contributed by atoms with Crippen molar-refractivity contribution in [2.75, 3.05) is 0 Å². The summed E-state index contributed by atoms with van der Waals surface area (Å²) in [6.45, 7) is 0. The molecular weight excluding hydrogens is 350 g/mol. The maximum atomic E-state index is 9.49. The van der Waals surface area contributed by atoms with E-state index in [1.807, 2.05) is 0 Å². The number of hydrogen-bond acceptors (Lipinski definition) is 7. The van der Waals surface area contributed by atoms with Gasteiger partial charge in [0.15, 0.2) is 0 Å². The molecule has 0 rings (SSSR count). The van der Waals surface area contributed by atoms with Gasteiger partial charge in [0.05, 0.1) is 0 Å². The SMILES string of the molecule is O=P(O)(O)O.[K+].[O]=[Cr](=[O])([O-])[O][Cr](=[O])(=[O])[OH]. The van der Waals surface area contributed by atoms with Gasteiger partial charge in [0.2, 0.25) is 0 Å². The van der Waals surface area contributed by atoms with Crippen LogP contribution < -0.4 is 55.5 Å². The molecule has 88 valence electrons. The summed E-state index contributed by atoms with van der Waals surface area (Å²) in [7, 11) is -4.64. The van der Waals surface area contributed by atoms with E-state index >= 15 is 0 Å². The minimum atomic E-state index is -6.01. The fourth-order valence-electron chi connectivity index (χ4n) is 0.105. The van der Waals surface area contributed by atoms with E-state index in [9.17, 15) is 19.4 Å². The van der Waals surface area contributed by atoms with Gasteiger partial charge >= 0.3 is 113 Å². The standard InChI is InChI=1S/2Cr.K.H3O4P.H2O.6O/c;;;1-5(2,3)4;;;;;;;/h;;;(H3,1,2,3,4);1H2;;;;;;/q;2*+1;;;;;;;;-1/p-1. The van der Waals surface area contributed by atoms with Gasteiger partial charge in [-0.25, -0.2) is 4.57 Å². The molecule has 0 aromatic rings. The molecule has 11 nitrogen and oxygen atoms in total. The third-order valence-electron chi connectivity index (χ3n) is 0.169. The summed E-state index contributed by atoms with van der Waals surface area (Å²) < 4.78 is 66.5. The van der Waals surface area contributed by atoms with Crippen molar-refractivity contribution in [1.29, 1.82) is 0 Å². The topological polar surface area (TPSA) is 199 Å². The van der Waals surface area contributed by atoms with Crippen molar-refractivity contribution in [2.45, 2.75) is 0 Å². The Hall–Kier alpha value is 1.89. The van der Waals surface area contributed by atoms with Crippen LogP contribution in [0.25, 0.3) is 0 Å². The quantitative estimate of drug-likeness (QED) is 0.272. The molecule has 0 fully saturated rings. The van der Waals surface area contributed by atoms with Crippen molar-refractivity contribution < 1.29 is 124 Å². The molecule has 0 bridgehead atoms. The molecule has 4 N–H and O–H groups in total. The van der Waals surface area contributed by atoms with Gasteiger partial charge < -0.3 is 14.7 Å². The van der Waals surface area contributed by atoms with Crippen molar-refractivity contribution in [1.82, 2.24) is 0 Å². The molecule has 0 radical (unpaired) electrons. The molecule has 15 heteroatoms. The van der Waals surface area contributed by atoms with Crippen LogP contribution in [0.4, 0.5) is 0 Å². The van der Waals surface area contributed by atoms with Crippen molar-refractivity contribution in [3.8, 4) is 0 Å². The number of hydrogen-bond donors (Lipinski definition) is 4. The first-order chi connectivity index (χ1) is 5.71. The second kappa shape index (κ2) is 8.07. The normalized spacial score (nSPS) is 12.1.